The molecule has 0 aromatic heterocycles. The van der Waals surface area contributed by atoms with Crippen LogP contribution in [0.4, 0.5) is 0 Å². The van der Waals surface area contributed by atoms with Crippen molar-refractivity contribution < 1.29 is 0 Å². The number of hydrogen-bond acceptors (Lipinski definition) is 2. The molecule has 1 fully saturated rings. The molecule has 0 saturated heterocycles. The standard InChI is InChI=1S/C10H21NS/c1-11(10-6-7-10)8-4-2-3-5-9-12/h10,12H,2-9H2,1H3. The van der Waals surface area contributed by atoms with Crippen molar-refractivity contribution in [3.63, 3.8) is 0 Å². The van der Waals surface area contributed by atoms with Gasteiger partial charge in [-0.2, -0.15) is 12.6 Å². The maximum absolute atomic E-state index is 4.20. The molecule has 0 aliphatic heterocycles. The van der Waals surface area contributed by atoms with Gasteiger partial charge in [0.1, 0.15) is 0 Å². The van der Waals surface area contributed by atoms with Crippen molar-refractivity contribution in [3.8, 4) is 0 Å². The number of thiol groups is 1. The molecule has 0 amide bonds. The minimum absolute atomic E-state index is 0.940. The second kappa shape index (κ2) is 5.87. The molecule has 0 radical (unpaired) electrons. The quantitative estimate of drug-likeness (QED) is 0.473. The van der Waals surface area contributed by atoms with Gasteiger partial charge in [0.15, 0.2) is 0 Å². The molecule has 0 spiro atoms. The zero-order valence-corrected chi connectivity index (χ0v) is 9.02. The van der Waals surface area contributed by atoms with Crippen molar-refractivity contribution >= 4 is 12.6 Å². The van der Waals surface area contributed by atoms with Crippen LogP contribution in [0.2, 0.25) is 0 Å². The van der Waals surface area contributed by atoms with Gasteiger partial charge >= 0.3 is 0 Å². The van der Waals surface area contributed by atoms with Crippen LogP contribution in [-0.2, 0) is 0 Å². The van der Waals surface area contributed by atoms with Crippen molar-refractivity contribution in [3.05, 3.63) is 0 Å². The lowest BCUT2D eigenvalue weighted by Crippen LogP contribution is -2.21. The van der Waals surface area contributed by atoms with Gasteiger partial charge in [0.25, 0.3) is 0 Å². The Hall–Kier alpha value is 0.310. The van der Waals surface area contributed by atoms with Crippen molar-refractivity contribution in [2.45, 2.75) is 44.6 Å². The molecule has 0 N–H and O–H groups in total. The van der Waals surface area contributed by atoms with E-state index in [0.29, 0.717) is 0 Å². The van der Waals surface area contributed by atoms with Gasteiger partial charge in [-0.1, -0.05) is 12.8 Å². The van der Waals surface area contributed by atoms with Crippen LogP contribution in [0.15, 0.2) is 0 Å². The highest BCUT2D eigenvalue weighted by Gasteiger charge is 2.25. The van der Waals surface area contributed by atoms with Gasteiger partial charge in [-0.3, -0.25) is 0 Å². The summed E-state index contributed by atoms with van der Waals surface area (Å²) < 4.78 is 0. The fourth-order valence-corrected chi connectivity index (χ4v) is 1.75. The molecule has 0 aromatic rings. The second-order valence-corrected chi connectivity index (χ2v) is 4.30. The van der Waals surface area contributed by atoms with Crippen molar-refractivity contribution in [2.75, 3.05) is 19.3 Å². The number of unbranched alkanes of at least 4 members (excludes halogenated alkanes) is 3. The average molecular weight is 187 g/mol. The summed E-state index contributed by atoms with van der Waals surface area (Å²) in [5, 5.41) is 0. The van der Waals surface area contributed by atoms with E-state index in [1.54, 1.807) is 0 Å². The third kappa shape index (κ3) is 4.36. The molecular weight excluding hydrogens is 166 g/mol. The van der Waals surface area contributed by atoms with Crippen LogP contribution in [-0.4, -0.2) is 30.3 Å². The summed E-state index contributed by atoms with van der Waals surface area (Å²) in [6, 6.07) is 0.940. The van der Waals surface area contributed by atoms with Crippen LogP contribution in [0.25, 0.3) is 0 Å². The molecule has 1 aliphatic rings. The molecule has 0 bridgehead atoms. The summed E-state index contributed by atoms with van der Waals surface area (Å²) in [6.07, 6.45) is 8.29. The second-order valence-electron chi connectivity index (χ2n) is 3.85. The molecular formula is C10H21NS. The van der Waals surface area contributed by atoms with E-state index in [4.69, 9.17) is 0 Å². The molecule has 2 heteroatoms. The van der Waals surface area contributed by atoms with Crippen LogP contribution in [0, 0.1) is 0 Å². The molecule has 1 saturated carbocycles. The summed E-state index contributed by atoms with van der Waals surface area (Å²) in [5.41, 5.74) is 0. The van der Waals surface area contributed by atoms with Gasteiger partial charge in [-0.05, 0) is 45.0 Å². The van der Waals surface area contributed by atoms with Crippen LogP contribution in [0.1, 0.15) is 38.5 Å². The first kappa shape index (κ1) is 10.4. The molecule has 72 valence electrons. The van der Waals surface area contributed by atoms with E-state index in [1.807, 2.05) is 0 Å². The average Bonchev–Trinajstić information content (AvgIpc) is 2.86. The zero-order chi connectivity index (χ0) is 8.81. The molecule has 1 aliphatic carbocycles. The molecule has 0 atom stereocenters. The Morgan fingerprint density at radius 1 is 1.17 bits per heavy atom. The van der Waals surface area contributed by atoms with Crippen molar-refractivity contribution in [2.24, 2.45) is 0 Å². The molecule has 12 heavy (non-hydrogen) atoms. The Kier molecular flexibility index (Phi) is 5.08. The van der Waals surface area contributed by atoms with Gasteiger partial charge in [0, 0.05) is 6.04 Å². The lowest BCUT2D eigenvalue weighted by Gasteiger charge is -2.14. The smallest absolute Gasteiger partial charge is 0.00933 e. The molecule has 1 rings (SSSR count). The Bertz CT molecular complexity index is 112. The minimum Gasteiger partial charge on any atom is -0.303 e. The first-order valence-corrected chi connectivity index (χ1v) is 5.79. The maximum Gasteiger partial charge on any atom is 0.00933 e. The normalized spacial score (nSPS) is 17.2. The Labute approximate surface area is 81.9 Å². The Morgan fingerprint density at radius 3 is 2.42 bits per heavy atom. The van der Waals surface area contributed by atoms with Gasteiger partial charge in [0.2, 0.25) is 0 Å². The molecule has 0 aromatic carbocycles. The van der Waals surface area contributed by atoms with E-state index < -0.39 is 0 Å². The lowest BCUT2D eigenvalue weighted by molar-refractivity contribution is 0.315. The van der Waals surface area contributed by atoms with Crippen LogP contribution in [0.5, 0.6) is 0 Å². The van der Waals surface area contributed by atoms with E-state index in [1.165, 1.54) is 45.1 Å². The monoisotopic (exact) mass is 187 g/mol. The third-order valence-corrected chi connectivity index (χ3v) is 2.91. The zero-order valence-electron chi connectivity index (χ0n) is 8.13. The number of nitrogens with zero attached hydrogens (tertiary/aromatic N) is 1. The first-order valence-electron chi connectivity index (χ1n) is 5.15. The summed E-state index contributed by atoms with van der Waals surface area (Å²) >= 11 is 4.20. The SMILES string of the molecule is CN(CCCCCCS)C1CC1. The highest BCUT2D eigenvalue weighted by molar-refractivity contribution is 7.80. The van der Waals surface area contributed by atoms with Gasteiger partial charge in [-0.15, -0.1) is 0 Å². The molecule has 0 heterocycles. The van der Waals surface area contributed by atoms with Crippen LogP contribution < -0.4 is 0 Å². The van der Waals surface area contributed by atoms with Crippen molar-refractivity contribution in [1.29, 1.82) is 0 Å². The summed E-state index contributed by atoms with van der Waals surface area (Å²) in [5.74, 6) is 1.05. The summed E-state index contributed by atoms with van der Waals surface area (Å²) in [7, 11) is 2.26. The molecule has 0 unspecified atom stereocenters. The van der Waals surface area contributed by atoms with Crippen LogP contribution in [0.3, 0.4) is 0 Å². The largest absolute Gasteiger partial charge is 0.303 e. The fraction of sp³-hybridized carbons (Fsp3) is 1.00. The predicted molar refractivity (Wildman–Crippen MR) is 58.0 cm³/mol. The highest BCUT2D eigenvalue weighted by Crippen LogP contribution is 2.25. The summed E-state index contributed by atoms with van der Waals surface area (Å²) in [6.45, 7) is 1.30. The van der Waals surface area contributed by atoms with E-state index in [0.717, 1.165) is 11.8 Å². The topological polar surface area (TPSA) is 3.24 Å². The van der Waals surface area contributed by atoms with Gasteiger partial charge in [0.05, 0.1) is 0 Å². The fourth-order valence-electron chi connectivity index (χ4n) is 1.52. The Morgan fingerprint density at radius 2 is 1.83 bits per heavy atom. The minimum atomic E-state index is 0.940. The predicted octanol–water partition coefficient (Wildman–Crippen LogP) is 2.57. The summed E-state index contributed by atoms with van der Waals surface area (Å²) in [4.78, 5) is 2.51. The van der Waals surface area contributed by atoms with E-state index >= 15 is 0 Å². The van der Waals surface area contributed by atoms with Gasteiger partial charge < -0.3 is 4.90 Å². The maximum atomic E-state index is 4.20. The van der Waals surface area contributed by atoms with Crippen LogP contribution >= 0.6 is 12.6 Å². The number of hydrogen-bond donors (Lipinski definition) is 1. The first-order chi connectivity index (χ1) is 5.84. The molecule has 1 nitrogen and oxygen atoms in total. The third-order valence-electron chi connectivity index (χ3n) is 2.59. The Balaban J connectivity index is 1.81. The van der Waals surface area contributed by atoms with E-state index in [-0.39, 0.29) is 0 Å². The highest BCUT2D eigenvalue weighted by atomic mass is 32.1. The van der Waals surface area contributed by atoms with E-state index in [9.17, 15) is 0 Å². The van der Waals surface area contributed by atoms with Crippen molar-refractivity contribution in [1.82, 2.24) is 4.90 Å². The van der Waals surface area contributed by atoms with Gasteiger partial charge in [-0.25, -0.2) is 0 Å². The number of rotatable bonds is 7. The van der Waals surface area contributed by atoms with E-state index in [2.05, 4.69) is 24.6 Å². The lowest BCUT2D eigenvalue weighted by atomic mass is 10.2.